The molecule has 19 heavy (non-hydrogen) atoms. The van der Waals surface area contributed by atoms with Gasteiger partial charge in [-0.25, -0.2) is 8.78 Å². The molecule has 0 aliphatic heterocycles. The topological polar surface area (TPSA) is 29.3 Å². The summed E-state index contributed by atoms with van der Waals surface area (Å²) in [5.74, 6) is -1.24. The Morgan fingerprint density at radius 1 is 1.00 bits per heavy atom. The highest BCUT2D eigenvalue weighted by Crippen LogP contribution is 2.26. The maximum absolute atomic E-state index is 13.7. The lowest BCUT2D eigenvalue weighted by Gasteiger charge is -2.18. The van der Waals surface area contributed by atoms with Gasteiger partial charge < -0.3 is 10.6 Å². The third-order valence-corrected chi connectivity index (χ3v) is 3.06. The van der Waals surface area contributed by atoms with E-state index in [1.54, 1.807) is 6.07 Å². The third kappa shape index (κ3) is 2.74. The van der Waals surface area contributed by atoms with Gasteiger partial charge in [0.1, 0.15) is 11.6 Å². The van der Waals surface area contributed by atoms with Crippen molar-refractivity contribution in [1.82, 2.24) is 0 Å². The minimum atomic E-state index is -0.818. The monoisotopic (exact) mass is 262 g/mol. The number of halogens is 2. The van der Waals surface area contributed by atoms with Crippen molar-refractivity contribution >= 4 is 5.69 Å². The highest BCUT2D eigenvalue weighted by molar-refractivity contribution is 5.49. The molecule has 0 fully saturated rings. The Bertz CT molecular complexity index is 562. The molecule has 0 radical (unpaired) electrons. The van der Waals surface area contributed by atoms with Crippen molar-refractivity contribution in [2.45, 2.75) is 6.04 Å². The second-order valence-electron chi connectivity index (χ2n) is 4.60. The van der Waals surface area contributed by atoms with Crippen molar-refractivity contribution in [2.75, 3.05) is 19.0 Å². The molecule has 0 spiro atoms. The van der Waals surface area contributed by atoms with Gasteiger partial charge in [-0.15, -0.1) is 0 Å². The molecule has 0 aromatic heterocycles. The molecule has 2 N–H and O–H groups in total. The van der Waals surface area contributed by atoms with Crippen molar-refractivity contribution in [3.63, 3.8) is 0 Å². The summed E-state index contributed by atoms with van der Waals surface area (Å²) >= 11 is 0. The Morgan fingerprint density at radius 2 is 1.58 bits per heavy atom. The summed E-state index contributed by atoms with van der Waals surface area (Å²) in [5, 5.41) is 0. The fraction of sp³-hybridized carbons (Fsp3) is 0.200. The molecule has 2 aromatic carbocycles. The summed E-state index contributed by atoms with van der Waals surface area (Å²) in [4.78, 5) is 1.91. The van der Waals surface area contributed by atoms with Gasteiger partial charge in [-0.1, -0.05) is 18.2 Å². The van der Waals surface area contributed by atoms with Crippen LogP contribution < -0.4 is 10.6 Å². The van der Waals surface area contributed by atoms with Crippen LogP contribution >= 0.6 is 0 Å². The summed E-state index contributed by atoms with van der Waals surface area (Å²) in [7, 11) is 3.79. The van der Waals surface area contributed by atoms with Crippen LogP contribution in [0.3, 0.4) is 0 Å². The fourth-order valence-corrected chi connectivity index (χ4v) is 1.97. The van der Waals surface area contributed by atoms with Crippen LogP contribution in [0.25, 0.3) is 0 Å². The van der Waals surface area contributed by atoms with E-state index in [0.717, 1.165) is 5.69 Å². The minimum absolute atomic E-state index is 0.0987. The van der Waals surface area contributed by atoms with Crippen LogP contribution in [-0.2, 0) is 0 Å². The molecule has 0 saturated carbocycles. The van der Waals surface area contributed by atoms with Crippen LogP contribution in [0, 0.1) is 11.6 Å². The highest BCUT2D eigenvalue weighted by Gasteiger charge is 2.18. The minimum Gasteiger partial charge on any atom is -0.378 e. The summed E-state index contributed by atoms with van der Waals surface area (Å²) in [6.07, 6.45) is 0. The number of nitrogens with zero attached hydrogens (tertiary/aromatic N) is 1. The Balaban J connectivity index is 2.44. The summed E-state index contributed by atoms with van der Waals surface area (Å²) < 4.78 is 27.4. The summed E-state index contributed by atoms with van der Waals surface area (Å²) in [5.41, 5.74) is 7.50. The molecule has 4 heteroatoms. The Morgan fingerprint density at radius 3 is 2.16 bits per heavy atom. The maximum atomic E-state index is 13.7. The molecular formula is C15H16F2N2. The number of rotatable bonds is 3. The molecule has 0 heterocycles. The molecule has 2 aromatic rings. The first-order valence-electron chi connectivity index (χ1n) is 5.97. The predicted octanol–water partition coefficient (Wildman–Crippen LogP) is 3.08. The van der Waals surface area contributed by atoms with Gasteiger partial charge >= 0.3 is 0 Å². The molecule has 0 saturated heterocycles. The number of nitrogens with two attached hydrogens (primary N) is 1. The predicted molar refractivity (Wildman–Crippen MR) is 73.2 cm³/mol. The number of benzene rings is 2. The molecule has 0 bridgehead atoms. The molecule has 2 rings (SSSR count). The van der Waals surface area contributed by atoms with E-state index in [9.17, 15) is 8.78 Å². The lowest BCUT2D eigenvalue weighted by Crippen LogP contribution is -2.16. The first-order valence-corrected chi connectivity index (χ1v) is 5.97. The molecular weight excluding hydrogens is 246 g/mol. The average Bonchev–Trinajstić information content (AvgIpc) is 2.38. The van der Waals surface area contributed by atoms with Gasteiger partial charge in [-0.2, -0.15) is 0 Å². The van der Waals surface area contributed by atoms with Crippen LogP contribution in [0.1, 0.15) is 17.2 Å². The van der Waals surface area contributed by atoms with E-state index in [1.807, 2.05) is 37.2 Å². The molecule has 1 atom stereocenters. The van der Waals surface area contributed by atoms with Gasteiger partial charge in [0.25, 0.3) is 0 Å². The Hall–Kier alpha value is -1.94. The molecule has 0 aliphatic carbocycles. The van der Waals surface area contributed by atoms with Gasteiger partial charge in [0, 0.05) is 25.3 Å². The number of anilines is 1. The SMILES string of the molecule is CN(C)c1cccc(C(N)c2c(F)cccc2F)c1. The normalized spacial score (nSPS) is 12.3. The van der Waals surface area contributed by atoms with Gasteiger partial charge in [-0.3, -0.25) is 0 Å². The van der Waals surface area contributed by atoms with E-state index in [4.69, 9.17) is 5.73 Å². The number of hydrogen-bond acceptors (Lipinski definition) is 2. The van der Waals surface area contributed by atoms with Crippen LogP contribution in [0.2, 0.25) is 0 Å². The van der Waals surface area contributed by atoms with Gasteiger partial charge in [0.2, 0.25) is 0 Å². The van der Waals surface area contributed by atoms with Gasteiger partial charge in [-0.05, 0) is 29.8 Å². The lowest BCUT2D eigenvalue weighted by atomic mass is 9.98. The van der Waals surface area contributed by atoms with E-state index in [-0.39, 0.29) is 5.56 Å². The molecule has 2 nitrogen and oxygen atoms in total. The number of hydrogen-bond donors (Lipinski definition) is 1. The largest absolute Gasteiger partial charge is 0.378 e. The van der Waals surface area contributed by atoms with Crippen LogP contribution in [-0.4, -0.2) is 14.1 Å². The first-order chi connectivity index (χ1) is 9.00. The Kier molecular flexibility index (Phi) is 3.81. The standard InChI is InChI=1S/C15H16F2N2/c1-19(2)11-6-3-5-10(9-11)15(18)14-12(16)7-4-8-13(14)17/h3-9,15H,18H2,1-2H3. The summed E-state index contributed by atoms with van der Waals surface area (Å²) in [6, 6.07) is 10.3. The van der Waals surface area contributed by atoms with Crippen LogP contribution in [0.15, 0.2) is 42.5 Å². The second-order valence-corrected chi connectivity index (χ2v) is 4.60. The third-order valence-electron chi connectivity index (χ3n) is 3.06. The van der Waals surface area contributed by atoms with Crippen molar-refractivity contribution in [3.8, 4) is 0 Å². The van der Waals surface area contributed by atoms with E-state index in [0.29, 0.717) is 5.56 Å². The van der Waals surface area contributed by atoms with Crippen LogP contribution in [0.5, 0.6) is 0 Å². The molecule has 0 amide bonds. The molecule has 100 valence electrons. The fourth-order valence-electron chi connectivity index (χ4n) is 1.97. The van der Waals surface area contributed by atoms with Crippen molar-refractivity contribution in [2.24, 2.45) is 5.73 Å². The quantitative estimate of drug-likeness (QED) is 0.921. The Labute approximate surface area is 111 Å². The smallest absolute Gasteiger partial charge is 0.131 e. The first kappa shape index (κ1) is 13.5. The second kappa shape index (κ2) is 5.36. The maximum Gasteiger partial charge on any atom is 0.131 e. The zero-order valence-electron chi connectivity index (χ0n) is 10.9. The van der Waals surface area contributed by atoms with Crippen molar-refractivity contribution in [3.05, 3.63) is 65.2 Å². The van der Waals surface area contributed by atoms with Gasteiger partial charge in [0.15, 0.2) is 0 Å². The lowest BCUT2D eigenvalue weighted by molar-refractivity contribution is 0.543. The van der Waals surface area contributed by atoms with Gasteiger partial charge in [0.05, 0.1) is 6.04 Å². The van der Waals surface area contributed by atoms with Crippen LogP contribution in [0.4, 0.5) is 14.5 Å². The highest BCUT2D eigenvalue weighted by atomic mass is 19.1. The zero-order chi connectivity index (χ0) is 14.0. The zero-order valence-corrected chi connectivity index (χ0v) is 10.9. The van der Waals surface area contributed by atoms with Crippen molar-refractivity contribution in [1.29, 1.82) is 0 Å². The summed E-state index contributed by atoms with van der Waals surface area (Å²) in [6.45, 7) is 0. The van der Waals surface area contributed by atoms with E-state index in [1.165, 1.54) is 18.2 Å². The van der Waals surface area contributed by atoms with E-state index < -0.39 is 17.7 Å². The van der Waals surface area contributed by atoms with E-state index >= 15 is 0 Å². The van der Waals surface area contributed by atoms with Crippen molar-refractivity contribution < 1.29 is 8.78 Å². The van der Waals surface area contributed by atoms with E-state index in [2.05, 4.69) is 0 Å². The average molecular weight is 262 g/mol. The molecule has 1 unspecified atom stereocenters. The molecule has 0 aliphatic rings.